The second-order valence-corrected chi connectivity index (χ2v) is 21.8. The fourth-order valence-electron chi connectivity index (χ4n) is 12.6. The second-order valence-electron chi connectivity index (χ2n) is 21.8. The van der Waals surface area contributed by atoms with E-state index in [1.54, 1.807) is 35.2 Å². The number of nitrogens with zero attached hydrogens (tertiary/aromatic N) is 3. The number of hydrogen-bond acceptors (Lipinski definition) is 9. The molecular weight excluding hydrogens is 957 g/mol. The first-order chi connectivity index (χ1) is 36.7. The molecule has 15 heteroatoms. The zero-order chi connectivity index (χ0) is 51.5. The first-order valence-electron chi connectivity index (χ1n) is 25.1. The molecule has 0 N–H and O–H groups in total. The lowest BCUT2D eigenvalue weighted by molar-refractivity contribution is 0.449. The van der Waals surface area contributed by atoms with Crippen LogP contribution in [-0.4, -0.2) is 20.1 Å². The number of hydrogen-bond donors (Lipinski definition) is 0. The van der Waals surface area contributed by atoms with Crippen molar-refractivity contribution in [1.29, 1.82) is 5.26 Å². The molecule has 0 unspecified atom stereocenters. The minimum atomic E-state index is -0.725. The molecular formula is C61H36B3F2N3O7. The molecule has 10 nitrogen and oxygen atoms in total. The van der Waals surface area contributed by atoms with Gasteiger partial charge in [0.1, 0.15) is 74.2 Å². The molecule has 0 amide bonds. The number of fused-ring (bicyclic) bond motifs is 16. The van der Waals surface area contributed by atoms with Crippen molar-refractivity contribution < 1.29 is 41.3 Å². The average Bonchev–Trinajstić information content (AvgIpc) is 4.10. The molecule has 0 saturated carbocycles. The van der Waals surface area contributed by atoms with E-state index in [0.29, 0.717) is 130 Å². The molecule has 6 aliphatic rings. The normalized spacial score (nSPS) is 14.2. The molecule has 0 spiro atoms. The number of anilines is 3. The molecule has 360 valence electrons. The topological polar surface area (TPSA) is 104 Å². The van der Waals surface area contributed by atoms with E-state index in [0.717, 1.165) is 44.0 Å². The van der Waals surface area contributed by atoms with Gasteiger partial charge in [-0.2, -0.15) is 5.26 Å². The first kappa shape index (κ1) is 43.1. The van der Waals surface area contributed by atoms with Crippen LogP contribution < -0.4 is 78.1 Å². The van der Waals surface area contributed by atoms with Crippen molar-refractivity contribution in [3.8, 4) is 63.6 Å². The highest BCUT2D eigenvalue weighted by molar-refractivity contribution is 7.02. The maximum atomic E-state index is 17.3. The summed E-state index contributed by atoms with van der Waals surface area (Å²) in [5.74, 6) is 4.22. The van der Waals surface area contributed by atoms with E-state index in [9.17, 15) is 5.26 Å². The molecule has 2 aromatic heterocycles. The molecule has 0 saturated heterocycles. The Morgan fingerprint density at radius 3 is 1.62 bits per heavy atom. The number of halogens is 2. The summed E-state index contributed by atoms with van der Waals surface area (Å²) in [6.07, 6.45) is 0. The minimum absolute atomic E-state index is 0.242. The molecule has 16 rings (SSSR count). The van der Waals surface area contributed by atoms with Crippen LogP contribution in [0.3, 0.4) is 0 Å². The summed E-state index contributed by atoms with van der Waals surface area (Å²) in [5.41, 5.74) is 12.0. The Balaban J connectivity index is 0.963. The summed E-state index contributed by atoms with van der Waals surface area (Å²) >= 11 is 0. The Morgan fingerprint density at radius 2 is 1.03 bits per heavy atom. The van der Waals surface area contributed by atoms with Gasteiger partial charge in [0.25, 0.3) is 6.71 Å². The number of furan rings is 2. The number of rotatable bonds is 1. The molecule has 8 aromatic carbocycles. The van der Waals surface area contributed by atoms with Crippen LogP contribution in [-0.2, 0) is 5.41 Å². The van der Waals surface area contributed by atoms with Gasteiger partial charge < -0.3 is 37.4 Å². The molecule has 0 bridgehead atoms. The standard InChI is InChI=1S/C61H36B3F2N3O7/c1-27-12-42-53-48(13-27)73-57-33-18-30(26-67)8-10-43(33)75-59(57)63(53)35-22-36-45(24-41(35)69(42)56-39(65)19-31(20-40(56)66)61(4,5)6)70-49-14-28(2)15-50-54(49)62(36)37-23-38-47(25-46(37)71-50)72-51-16-29(3)17-52-55(51)64(38)60-58(74-52)34-21-32(68-7)9-11-44(34)76-60/h8-25H,1-6H3. The van der Waals surface area contributed by atoms with Gasteiger partial charge in [-0.15, -0.1) is 0 Å². The summed E-state index contributed by atoms with van der Waals surface area (Å²) in [4.78, 5) is 5.37. The lowest BCUT2D eigenvalue weighted by Gasteiger charge is -2.41. The third kappa shape index (κ3) is 5.69. The average molecular weight is 993 g/mol. The van der Waals surface area contributed by atoms with Crippen LogP contribution in [0.5, 0.6) is 57.5 Å². The predicted molar refractivity (Wildman–Crippen MR) is 291 cm³/mol. The van der Waals surface area contributed by atoms with Crippen molar-refractivity contribution in [2.75, 3.05) is 4.90 Å². The van der Waals surface area contributed by atoms with Crippen molar-refractivity contribution in [3.63, 3.8) is 0 Å². The van der Waals surface area contributed by atoms with Crippen molar-refractivity contribution in [2.24, 2.45) is 0 Å². The fraction of sp³-hybridized carbons (Fsp3) is 0.115. The lowest BCUT2D eigenvalue weighted by atomic mass is 9.31. The zero-order valence-electron chi connectivity index (χ0n) is 41.6. The summed E-state index contributed by atoms with van der Waals surface area (Å²) in [5, 5.41) is 11.3. The van der Waals surface area contributed by atoms with Crippen LogP contribution in [0, 0.1) is 50.3 Å². The number of benzene rings is 8. The Bertz CT molecular complexity index is 4500. The third-order valence-corrected chi connectivity index (χ3v) is 15.9. The van der Waals surface area contributed by atoms with Gasteiger partial charge in [-0.1, -0.05) is 39.0 Å². The van der Waals surface area contributed by atoms with Gasteiger partial charge in [0, 0.05) is 39.9 Å². The van der Waals surface area contributed by atoms with Crippen LogP contribution in [0.25, 0.3) is 26.8 Å². The highest BCUT2D eigenvalue weighted by Crippen LogP contribution is 2.48. The second kappa shape index (κ2) is 14.5. The molecule has 0 fully saturated rings. The predicted octanol–water partition coefficient (Wildman–Crippen LogP) is 9.96. The number of aryl methyl sites for hydroxylation is 3. The molecule has 0 radical (unpaired) electrons. The fourth-order valence-corrected chi connectivity index (χ4v) is 12.6. The lowest BCUT2D eigenvalue weighted by Crippen LogP contribution is -2.63. The zero-order valence-corrected chi connectivity index (χ0v) is 41.6. The highest BCUT2D eigenvalue weighted by Gasteiger charge is 2.51. The first-order valence-corrected chi connectivity index (χ1v) is 25.1. The molecule has 8 heterocycles. The Morgan fingerprint density at radius 1 is 0.526 bits per heavy atom. The third-order valence-electron chi connectivity index (χ3n) is 15.9. The summed E-state index contributed by atoms with van der Waals surface area (Å²) < 4.78 is 82.5. The highest BCUT2D eigenvalue weighted by atomic mass is 19.1. The van der Waals surface area contributed by atoms with Crippen molar-refractivity contribution in [3.05, 3.63) is 160 Å². The van der Waals surface area contributed by atoms with E-state index in [-0.39, 0.29) is 5.69 Å². The summed E-state index contributed by atoms with van der Waals surface area (Å²) in [6, 6.07) is 35.7. The molecule has 0 aliphatic carbocycles. The number of ether oxygens (including phenoxy) is 5. The van der Waals surface area contributed by atoms with Gasteiger partial charge >= 0.3 is 13.4 Å². The van der Waals surface area contributed by atoms with E-state index in [2.05, 4.69) is 23.0 Å². The molecule has 10 aromatic rings. The van der Waals surface area contributed by atoms with E-state index < -0.39 is 37.2 Å². The van der Waals surface area contributed by atoms with Crippen LogP contribution in [0.2, 0.25) is 0 Å². The van der Waals surface area contributed by atoms with Gasteiger partial charge in [0.15, 0.2) is 28.8 Å². The summed E-state index contributed by atoms with van der Waals surface area (Å²) in [7, 11) is 0. The Hall–Kier alpha value is -9.33. The number of nitriles is 1. The van der Waals surface area contributed by atoms with E-state index in [1.165, 1.54) is 12.1 Å². The van der Waals surface area contributed by atoms with Crippen molar-refractivity contribution in [1.82, 2.24) is 0 Å². The maximum absolute atomic E-state index is 17.3. The maximum Gasteiger partial charge on any atom is 0.305 e. The van der Waals surface area contributed by atoms with Crippen LogP contribution >= 0.6 is 0 Å². The van der Waals surface area contributed by atoms with E-state index >= 15 is 8.78 Å². The Kier molecular flexibility index (Phi) is 8.22. The van der Waals surface area contributed by atoms with Gasteiger partial charge in [0.2, 0.25) is 0 Å². The minimum Gasteiger partial charge on any atom is -0.466 e. The largest absolute Gasteiger partial charge is 0.466 e. The van der Waals surface area contributed by atoms with E-state index in [1.807, 2.05) is 96.1 Å². The van der Waals surface area contributed by atoms with Crippen molar-refractivity contribution in [2.45, 2.75) is 47.0 Å². The van der Waals surface area contributed by atoms with Gasteiger partial charge in [-0.25, -0.2) is 13.6 Å². The van der Waals surface area contributed by atoms with Gasteiger partial charge in [-0.05, 0) is 149 Å². The van der Waals surface area contributed by atoms with Gasteiger partial charge in [0.05, 0.1) is 29.0 Å². The van der Waals surface area contributed by atoms with Crippen LogP contribution in [0.4, 0.5) is 31.5 Å². The van der Waals surface area contributed by atoms with Gasteiger partial charge in [-0.3, -0.25) is 0 Å². The van der Waals surface area contributed by atoms with E-state index in [4.69, 9.17) is 39.1 Å². The molecule has 6 aliphatic heterocycles. The van der Waals surface area contributed by atoms with Crippen molar-refractivity contribution >= 4 is 114 Å². The van der Waals surface area contributed by atoms with Crippen LogP contribution in [0.1, 0.15) is 48.6 Å². The monoisotopic (exact) mass is 993 g/mol. The van der Waals surface area contributed by atoms with Crippen LogP contribution in [0.15, 0.2) is 118 Å². The Labute approximate surface area is 434 Å². The smallest absolute Gasteiger partial charge is 0.305 e. The molecule has 76 heavy (non-hydrogen) atoms. The molecule has 0 atom stereocenters. The summed E-state index contributed by atoms with van der Waals surface area (Å²) in [6.45, 7) is 17.9. The quantitative estimate of drug-likeness (QED) is 0.118. The SMILES string of the molecule is [C-]#[N+]c1ccc2oc3c(c2c1)Oc1cc(C)cc2c1B3c1cc3c(cc1O2)Oc1cc(C)cc2c1B3c1cc3c(cc1O2)N(c1c(F)cc(C(C)(C)C)cc1F)c1cc(C)cc2c1B3c1oc3ccc(C#N)cc3c1O2.